The zero-order valence-electron chi connectivity index (χ0n) is 6.84. The van der Waals surface area contributed by atoms with Gasteiger partial charge in [-0.15, -0.1) is 0 Å². The molecule has 64 valence electrons. The van der Waals surface area contributed by atoms with Crippen molar-refractivity contribution in [3.63, 3.8) is 0 Å². The van der Waals surface area contributed by atoms with Crippen molar-refractivity contribution >= 4 is 11.6 Å². The summed E-state index contributed by atoms with van der Waals surface area (Å²) in [5, 5.41) is 10.6. The first-order valence-corrected chi connectivity index (χ1v) is 4.35. The molecule has 1 atom stereocenters. The van der Waals surface area contributed by atoms with Crippen LogP contribution in [-0.2, 0) is 12.0 Å². The molecule has 0 aromatic carbocycles. The second kappa shape index (κ2) is 2.44. The van der Waals surface area contributed by atoms with E-state index in [1.165, 1.54) is 0 Å². The summed E-state index contributed by atoms with van der Waals surface area (Å²) in [4.78, 5) is 4.14. The van der Waals surface area contributed by atoms with E-state index >= 15 is 0 Å². The van der Waals surface area contributed by atoms with Crippen molar-refractivity contribution in [2.45, 2.75) is 25.4 Å². The summed E-state index contributed by atoms with van der Waals surface area (Å²) in [5.74, 6) is 0. The van der Waals surface area contributed by atoms with Gasteiger partial charge in [-0.25, -0.2) is 0 Å². The summed E-state index contributed by atoms with van der Waals surface area (Å²) in [6.45, 7) is 1.78. The normalized spacial score (nSPS) is 27.2. The van der Waals surface area contributed by atoms with E-state index in [1.54, 1.807) is 19.2 Å². The number of nitrogens with zero attached hydrogens (tertiary/aromatic N) is 1. The molecule has 12 heavy (non-hydrogen) atoms. The second-order valence-corrected chi connectivity index (χ2v) is 3.80. The molecular formula is C9H10ClNO. The third kappa shape index (κ3) is 1.03. The summed E-state index contributed by atoms with van der Waals surface area (Å²) >= 11 is 5.95. The van der Waals surface area contributed by atoms with E-state index in [1.807, 2.05) is 0 Å². The van der Waals surface area contributed by atoms with Crippen LogP contribution in [0.2, 0.25) is 5.02 Å². The fourth-order valence-corrected chi connectivity index (χ4v) is 1.90. The van der Waals surface area contributed by atoms with E-state index in [9.17, 15) is 5.11 Å². The minimum absolute atomic E-state index is 0.720. The zero-order valence-corrected chi connectivity index (χ0v) is 7.60. The Morgan fingerprint density at radius 3 is 3.08 bits per heavy atom. The summed E-state index contributed by atoms with van der Waals surface area (Å²) < 4.78 is 0. The lowest BCUT2D eigenvalue weighted by molar-refractivity contribution is 0.0553. The summed E-state index contributed by atoms with van der Waals surface area (Å²) in [7, 11) is 0. The van der Waals surface area contributed by atoms with Crippen LogP contribution in [-0.4, -0.2) is 10.1 Å². The molecule has 1 aliphatic carbocycles. The van der Waals surface area contributed by atoms with Gasteiger partial charge in [0.15, 0.2) is 0 Å². The van der Waals surface area contributed by atoms with Crippen molar-refractivity contribution in [2.24, 2.45) is 0 Å². The predicted molar refractivity (Wildman–Crippen MR) is 47.1 cm³/mol. The molecule has 3 heteroatoms. The van der Waals surface area contributed by atoms with Gasteiger partial charge in [-0.3, -0.25) is 4.98 Å². The summed E-state index contributed by atoms with van der Waals surface area (Å²) in [5.41, 5.74) is 0.972. The molecule has 1 aromatic heterocycles. The standard InChI is InChI=1S/C9H10ClNO/c1-9(12)4-2-6-7(10)3-5-11-8(6)9/h3,5,12H,2,4H2,1H3. The van der Waals surface area contributed by atoms with Crippen molar-refractivity contribution < 1.29 is 5.11 Å². The second-order valence-electron chi connectivity index (χ2n) is 3.39. The Bertz CT molecular complexity index is 322. The van der Waals surface area contributed by atoms with E-state index in [0.29, 0.717) is 0 Å². The van der Waals surface area contributed by atoms with Crippen molar-refractivity contribution in [1.82, 2.24) is 4.98 Å². The fourth-order valence-electron chi connectivity index (χ4n) is 1.66. The molecule has 1 N–H and O–H groups in total. The summed E-state index contributed by atoms with van der Waals surface area (Å²) in [6.07, 6.45) is 3.19. The van der Waals surface area contributed by atoms with Crippen molar-refractivity contribution in [3.05, 3.63) is 28.5 Å². The van der Waals surface area contributed by atoms with Crippen LogP contribution in [0.3, 0.4) is 0 Å². The van der Waals surface area contributed by atoms with E-state index < -0.39 is 5.60 Å². The van der Waals surface area contributed by atoms with Crippen LogP contribution < -0.4 is 0 Å². The largest absolute Gasteiger partial charge is 0.384 e. The highest BCUT2D eigenvalue weighted by atomic mass is 35.5. The number of rotatable bonds is 0. The first kappa shape index (κ1) is 8.02. The van der Waals surface area contributed by atoms with Gasteiger partial charge < -0.3 is 5.11 Å². The molecule has 0 amide bonds. The van der Waals surface area contributed by atoms with Crippen LogP contribution in [0.4, 0.5) is 0 Å². The molecule has 0 spiro atoms. The lowest BCUT2D eigenvalue weighted by atomic mass is 10.0. The molecule has 1 aromatic rings. The number of fused-ring (bicyclic) bond motifs is 1. The van der Waals surface area contributed by atoms with Gasteiger partial charge in [0, 0.05) is 11.2 Å². The van der Waals surface area contributed by atoms with E-state index in [-0.39, 0.29) is 0 Å². The Balaban J connectivity index is 2.61. The molecule has 1 unspecified atom stereocenters. The van der Waals surface area contributed by atoms with E-state index in [4.69, 9.17) is 11.6 Å². The number of aliphatic hydroxyl groups is 1. The number of hydrogen-bond donors (Lipinski definition) is 1. The highest BCUT2D eigenvalue weighted by Crippen LogP contribution is 2.37. The lowest BCUT2D eigenvalue weighted by Gasteiger charge is -2.15. The van der Waals surface area contributed by atoms with Crippen LogP contribution >= 0.6 is 11.6 Å². The molecule has 0 radical (unpaired) electrons. The van der Waals surface area contributed by atoms with E-state index in [2.05, 4.69) is 4.98 Å². The molecule has 2 rings (SSSR count). The average Bonchev–Trinajstić information content (AvgIpc) is 2.30. The maximum atomic E-state index is 9.85. The van der Waals surface area contributed by atoms with Gasteiger partial charge in [-0.2, -0.15) is 0 Å². The first-order chi connectivity index (χ1) is 5.61. The molecular weight excluding hydrogens is 174 g/mol. The Labute approximate surface area is 76.2 Å². The van der Waals surface area contributed by atoms with Gasteiger partial charge in [-0.05, 0) is 31.4 Å². The van der Waals surface area contributed by atoms with Gasteiger partial charge >= 0.3 is 0 Å². The van der Waals surface area contributed by atoms with Crippen molar-refractivity contribution in [3.8, 4) is 0 Å². The monoisotopic (exact) mass is 183 g/mol. The predicted octanol–water partition coefficient (Wildman–Crippen LogP) is 1.89. The minimum atomic E-state index is -0.778. The molecule has 2 nitrogen and oxygen atoms in total. The molecule has 1 aliphatic rings. The van der Waals surface area contributed by atoms with Gasteiger partial charge in [0.1, 0.15) is 5.60 Å². The Morgan fingerprint density at radius 2 is 2.42 bits per heavy atom. The average molecular weight is 184 g/mol. The van der Waals surface area contributed by atoms with Crippen LogP contribution in [0, 0.1) is 0 Å². The van der Waals surface area contributed by atoms with Crippen LogP contribution in [0.5, 0.6) is 0 Å². The Morgan fingerprint density at radius 1 is 1.67 bits per heavy atom. The van der Waals surface area contributed by atoms with Crippen LogP contribution in [0.25, 0.3) is 0 Å². The third-order valence-corrected chi connectivity index (χ3v) is 2.72. The smallest absolute Gasteiger partial charge is 0.104 e. The van der Waals surface area contributed by atoms with Crippen molar-refractivity contribution in [1.29, 1.82) is 0 Å². The molecule has 1 heterocycles. The topological polar surface area (TPSA) is 33.1 Å². The number of pyridine rings is 1. The lowest BCUT2D eigenvalue weighted by Crippen LogP contribution is -2.17. The van der Waals surface area contributed by atoms with E-state index in [0.717, 1.165) is 29.1 Å². The fraction of sp³-hybridized carbons (Fsp3) is 0.444. The Kier molecular flexibility index (Phi) is 1.63. The molecule has 0 saturated carbocycles. The highest BCUT2D eigenvalue weighted by molar-refractivity contribution is 6.31. The number of hydrogen-bond acceptors (Lipinski definition) is 2. The van der Waals surface area contributed by atoms with Crippen LogP contribution in [0.15, 0.2) is 12.3 Å². The molecule has 0 bridgehead atoms. The van der Waals surface area contributed by atoms with Gasteiger partial charge in [0.2, 0.25) is 0 Å². The quantitative estimate of drug-likeness (QED) is 0.667. The van der Waals surface area contributed by atoms with Crippen LogP contribution in [0.1, 0.15) is 24.6 Å². The SMILES string of the molecule is CC1(O)CCc2c(Cl)ccnc21. The number of aromatic nitrogens is 1. The minimum Gasteiger partial charge on any atom is -0.384 e. The van der Waals surface area contributed by atoms with Crippen molar-refractivity contribution in [2.75, 3.05) is 0 Å². The van der Waals surface area contributed by atoms with Gasteiger partial charge in [0.25, 0.3) is 0 Å². The maximum absolute atomic E-state index is 9.85. The number of halogens is 1. The zero-order chi connectivity index (χ0) is 8.77. The third-order valence-electron chi connectivity index (χ3n) is 2.37. The highest BCUT2D eigenvalue weighted by Gasteiger charge is 2.34. The summed E-state index contributed by atoms with van der Waals surface area (Å²) in [6, 6.07) is 1.77. The molecule has 0 fully saturated rings. The molecule has 0 aliphatic heterocycles. The Hall–Kier alpha value is -0.600. The van der Waals surface area contributed by atoms with Gasteiger partial charge in [-0.1, -0.05) is 11.6 Å². The maximum Gasteiger partial charge on any atom is 0.104 e. The molecule has 0 saturated heterocycles. The first-order valence-electron chi connectivity index (χ1n) is 3.97. The van der Waals surface area contributed by atoms with Gasteiger partial charge in [0.05, 0.1) is 5.69 Å².